The van der Waals surface area contributed by atoms with Crippen LogP contribution in [0.25, 0.3) is 11.3 Å². The van der Waals surface area contributed by atoms with Crippen LogP contribution in [0.3, 0.4) is 0 Å². The van der Waals surface area contributed by atoms with E-state index in [2.05, 4.69) is 15.8 Å². The smallest absolute Gasteiger partial charge is 0.344 e. The number of urea groups is 1. The summed E-state index contributed by atoms with van der Waals surface area (Å²) in [7, 11) is 1.54. The second-order valence-corrected chi connectivity index (χ2v) is 7.82. The summed E-state index contributed by atoms with van der Waals surface area (Å²) >= 11 is 0. The fourth-order valence-electron chi connectivity index (χ4n) is 3.84. The molecule has 2 N–H and O–H groups in total. The number of rotatable bonds is 8. The van der Waals surface area contributed by atoms with Gasteiger partial charge in [-0.1, -0.05) is 47.6 Å². The van der Waals surface area contributed by atoms with Gasteiger partial charge in [0.25, 0.3) is 0 Å². The molecule has 1 aromatic heterocycles. The van der Waals surface area contributed by atoms with Crippen molar-refractivity contribution in [2.75, 3.05) is 20.3 Å². The predicted molar refractivity (Wildman–Crippen MR) is 128 cm³/mol. The second kappa shape index (κ2) is 10.8. The summed E-state index contributed by atoms with van der Waals surface area (Å²) in [4.78, 5) is 38.5. The number of nitrogens with one attached hydrogen (secondary N) is 2. The highest BCUT2D eigenvalue weighted by atomic mass is 16.5. The van der Waals surface area contributed by atoms with Crippen LogP contribution < -0.4 is 15.4 Å². The van der Waals surface area contributed by atoms with E-state index in [1.54, 1.807) is 50.2 Å². The molecule has 1 unspecified atom stereocenters. The van der Waals surface area contributed by atoms with E-state index in [1.807, 2.05) is 18.2 Å². The van der Waals surface area contributed by atoms with Crippen molar-refractivity contribution < 1.29 is 33.1 Å². The summed E-state index contributed by atoms with van der Waals surface area (Å²) < 4.78 is 21.2. The number of esters is 2. The zero-order valence-corrected chi connectivity index (χ0v) is 20.0. The number of nitrogens with zero attached hydrogens (tertiary/aromatic N) is 1. The maximum Gasteiger partial charge on any atom is 0.344 e. The first-order valence-corrected chi connectivity index (χ1v) is 11.2. The average Bonchev–Trinajstić information content (AvgIpc) is 3.29. The third-order valence-corrected chi connectivity index (χ3v) is 5.56. The number of hydrogen-bond donors (Lipinski definition) is 2. The van der Waals surface area contributed by atoms with Crippen molar-refractivity contribution >= 4 is 18.0 Å². The van der Waals surface area contributed by atoms with Crippen LogP contribution in [-0.2, 0) is 14.3 Å². The molecule has 10 nitrogen and oxygen atoms in total. The lowest BCUT2D eigenvalue weighted by molar-refractivity contribution is -0.139. The van der Waals surface area contributed by atoms with Crippen LogP contribution >= 0.6 is 0 Å². The number of aromatic nitrogens is 1. The Bertz CT molecular complexity index is 1300. The van der Waals surface area contributed by atoms with E-state index in [0.717, 1.165) is 0 Å². The van der Waals surface area contributed by atoms with E-state index in [0.29, 0.717) is 22.6 Å². The fourth-order valence-corrected chi connectivity index (χ4v) is 3.84. The highest BCUT2D eigenvalue weighted by molar-refractivity contribution is 5.98. The molecule has 2 aromatic carbocycles. The Kier molecular flexibility index (Phi) is 7.33. The van der Waals surface area contributed by atoms with Gasteiger partial charge in [0.2, 0.25) is 0 Å². The number of hydrogen-bond acceptors (Lipinski definition) is 8. The Morgan fingerprint density at radius 2 is 1.75 bits per heavy atom. The lowest BCUT2D eigenvalue weighted by Crippen LogP contribution is -2.47. The first-order valence-electron chi connectivity index (χ1n) is 11.2. The largest absolute Gasteiger partial charge is 0.497 e. The molecule has 4 rings (SSSR count). The molecule has 36 heavy (non-hydrogen) atoms. The Balaban J connectivity index is 1.65. The first kappa shape index (κ1) is 24.5. The molecule has 1 atom stereocenters. The SMILES string of the molecule is CCOC(=O)C1=C(COC(=O)c2c(-c3ccccc3)noc2C)NC(=O)NC1c1ccc(OC)cc1. The van der Waals surface area contributed by atoms with Gasteiger partial charge in [-0.3, -0.25) is 0 Å². The Hall–Kier alpha value is -4.60. The van der Waals surface area contributed by atoms with Crippen LogP contribution in [0.2, 0.25) is 0 Å². The van der Waals surface area contributed by atoms with Gasteiger partial charge in [-0.25, -0.2) is 14.4 Å². The van der Waals surface area contributed by atoms with Gasteiger partial charge in [-0.2, -0.15) is 0 Å². The minimum Gasteiger partial charge on any atom is -0.497 e. The zero-order valence-electron chi connectivity index (χ0n) is 20.0. The zero-order chi connectivity index (χ0) is 25.7. The molecule has 0 saturated heterocycles. The maximum absolute atomic E-state index is 13.1. The molecular formula is C26H25N3O7. The van der Waals surface area contributed by atoms with E-state index in [1.165, 1.54) is 7.11 Å². The van der Waals surface area contributed by atoms with Gasteiger partial charge in [0.15, 0.2) is 0 Å². The molecule has 10 heteroatoms. The van der Waals surface area contributed by atoms with Crippen molar-refractivity contribution in [1.82, 2.24) is 15.8 Å². The van der Waals surface area contributed by atoms with Gasteiger partial charge in [-0.15, -0.1) is 0 Å². The van der Waals surface area contributed by atoms with E-state index in [4.69, 9.17) is 18.7 Å². The summed E-state index contributed by atoms with van der Waals surface area (Å²) in [6.07, 6.45) is 0. The number of aryl methyl sites for hydroxylation is 1. The van der Waals surface area contributed by atoms with Crippen LogP contribution in [0.4, 0.5) is 4.79 Å². The minimum absolute atomic E-state index is 0.113. The minimum atomic E-state index is -0.824. The molecule has 0 saturated carbocycles. The van der Waals surface area contributed by atoms with Crippen LogP contribution in [0.5, 0.6) is 5.75 Å². The van der Waals surface area contributed by atoms with Crippen molar-refractivity contribution in [3.63, 3.8) is 0 Å². The lowest BCUT2D eigenvalue weighted by Gasteiger charge is -2.29. The summed E-state index contributed by atoms with van der Waals surface area (Å²) in [6.45, 7) is 3.02. The molecule has 2 heterocycles. The van der Waals surface area contributed by atoms with Crippen molar-refractivity contribution in [2.45, 2.75) is 19.9 Å². The van der Waals surface area contributed by atoms with Gasteiger partial charge >= 0.3 is 18.0 Å². The quantitative estimate of drug-likeness (QED) is 0.457. The van der Waals surface area contributed by atoms with Gasteiger partial charge in [0.1, 0.15) is 29.4 Å². The molecule has 1 aliphatic heterocycles. The molecule has 0 spiro atoms. The highest BCUT2D eigenvalue weighted by Gasteiger charge is 2.34. The molecular weight excluding hydrogens is 466 g/mol. The first-order chi connectivity index (χ1) is 17.4. The fraction of sp³-hybridized carbons (Fsp3) is 0.231. The molecule has 2 amide bonds. The molecule has 186 valence electrons. The van der Waals surface area contributed by atoms with Crippen molar-refractivity contribution in [1.29, 1.82) is 0 Å². The third-order valence-electron chi connectivity index (χ3n) is 5.56. The topological polar surface area (TPSA) is 129 Å². The Morgan fingerprint density at radius 1 is 1.03 bits per heavy atom. The Labute approximate surface area is 207 Å². The van der Waals surface area contributed by atoms with Crippen LogP contribution in [0.15, 0.2) is 70.4 Å². The highest BCUT2D eigenvalue weighted by Crippen LogP contribution is 2.30. The van der Waals surface area contributed by atoms with E-state index in [-0.39, 0.29) is 35.8 Å². The summed E-state index contributed by atoms with van der Waals surface area (Å²) in [6, 6.07) is 14.6. The summed E-state index contributed by atoms with van der Waals surface area (Å²) in [5.74, 6) is -0.461. The van der Waals surface area contributed by atoms with E-state index >= 15 is 0 Å². The molecule has 3 aromatic rings. The molecule has 0 radical (unpaired) electrons. The molecule has 0 bridgehead atoms. The summed E-state index contributed by atoms with van der Waals surface area (Å²) in [5.41, 5.74) is 2.04. The van der Waals surface area contributed by atoms with E-state index in [9.17, 15) is 14.4 Å². The van der Waals surface area contributed by atoms with Crippen molar-refractivity contribution in [2.24, 2.45) is 0 Å². The number of benzene rings is 2. The third kappa shape index (κ3) is 5.07. The lowest BCUT2D eigenvalue weighted by atomic mass is 9.95. The standard InChI is InChI=1S/C26H25N3O7/c1-4-34-25(31)21-19(27-26(32)28-22(21)17-10-12-18(33-3)13-11-17)14-35-24(30)20-15(2)36-29-23(20)16-8-6-5-7-9-16/h5-13,22H,4,14H2,1-3H3,(H2,27,28,32). The number of amides is 2. The number of methoxy groups -OCH3 is 1. The van der Waals surface area contributed by atoms with Crippen LogP contribution in [0.1, 0.15) is 34.6 Å². The molecule has 1 aliphatic rings. The normalized spacial score (nSPS) is 15.1. The Morgan fingerprint density at radius 3 is 2.42 bits per heavy atom. The summed E-state index contributed by atoms with van der Waals surface area (Å²) in [5, 5.41) is 9.30. The molecule has 0 aliphatic carbocycles. The van der Waals surface area contributed by atoms with Crippen LogP contribution in [-0.4, -0.2) is 43.4 Å². The molecule has 0 fully saturated rings. The van der Waals surface area contributed by atoms with Gasteiger partial charge < -0.3 is 29.4 Å². The van der Waals surface area contributed by atoms with Crippen molar-refractivity contribution in [3.05, 3.63) is 82.8 Å². The second-order valence-electron chi connectivity index (χ2n) is 7.82. The van der Waals surface area contributed by atoms with E-state index < -0.39 is 24.0 Å². The number of carbonyl (C=O) groups is 3. The number of carbonyl (C=O) groups excluding carboxylic acids is 3. The predicted octanol–water partition coefficient (Wildman–Crippen LogP) is 3.69. The van der Waals surface area contributed by atoms with Gasteiger partial charge in [0, 0.05) is 5.56 Å². The maximum atomic E-state index is 13.1. The van der Waals surface area contributed by atoms with Crippen molar-refractivity contribution in [3.8, 4) is 17.0 Å². The van der Waals surface area contributed by atoms with Gasteiger partial charge in [0.05, 0.1) is 31.0 Å². The monoisotopic (exact) mass is 491 g/mol. The van der Waals surface area contributed by atoms with Gasteiger partial charge in [-0.05, 0) is 31.5 Å². The average molecular weight is 492 g/mol. The number of ether oxygens (including phenoxy) is 3. The van der Waals surface area contributed by atoms with Crippen LogP contribution in [0, 0.1) is 6.92 Å².